The van der Waals surface area contributed by atoms with Gasteiger partial charge in [0.25, 0.3) is 5.91 Å². The molecule has 6 nitrogen and oxygen atoms in total. The van der Waals surface area contributed by atoms with Crippen molar-refractivity contribution < 1.29 is 23.7 Å². The SMILES string of the molecule is CCCCOc1ccc(C(=O)NCC2(c3ccc4c(c3)OCO4)CCOCC2)cc1. The normalized spacial score (nSPS) is 16.8. The molecule has 160 valence electrons. The van der Waals surface area contributed by atoms with Crippen LogP contribution in [0.2, 0.25) is 0 Å². The fourth-order valence-corrected chi connectivity index (χ4v) is 3.94. The lowest BCUT2D eigenvalue weighted by molar-refractivity contribution is 0.0486. The van der Waals surface area contributed by atoms with E-state index in [-0.39, 0.29) is 18.1 Å². The second kappa shape index (κ2) is 9.39. The van der Waals surface area contributed by atoms with E-state index in [0.717, 1.165) is 48.5 Å². The molecule has 0 bridgehead atoms. The summed E-state index contributed by atoms with van der Waals surface area (Å²) in [7, 11) is 0. The third-order valence-corrected chi connectivity index (χ3v) is 5.91. The lowest BCUT2D eigenvalue weighted by Gasteiger charge is -2.38. The highest BCUT2D eigenvalue weighted by atomic mass is 16.7. The third kappa shape index (κ3) is 4.54. The van der Waals surface area contributed by atoms with Gasteiger partial charge in [-0.3, -0.25) is 4.79 Å². The monoisotopic (exact) mass is 411 g/mol. The maximum Gasteiger partial charge on any atom is 0.251 e. The zero-order valence-corrected chi connectivity index (χ0v) is 17.4. The molecule has 1 fully saturated rings. The van der Waals surface area contributed by atoms with Crippen molar-refractivity contribution in [3.63, 3.8) is 0 Å². The maximum absolute atomic E-state index is 12.8. The summed E-state index contributed by atoms with van der Waals surface area (Å²) in [6.07, 6.45) is 3.80. The minimum Gasteiger partial charge on any atom is -0.494 e. The molecule has 0 aliphatic carbocycles. The minimum absolute atomic E-state index is 0.0817. The highest BCUT2D eigenvalue weighted by Crippen LogP contribution is 2.40. The van der Waals surface area contributed by atoms with E-state index in [0.29, 0.717) is 31.9 Å². The van der Waals surface area contributed by atoms with Gasteiger partial charge in [-0.25, -0.2) is 0 Å². The van der Waals surface area contributed by atoms with Crippen LogP contribution in [0.15, 0.2) is 42.5 Å². The third-order valence-electron chi connectivity index (χ3n) is 5.91. The van der Waals surface area contributed by atoms with Crippen molar-refractivity contribution in [3.8, 4) is 17.2 Å². The average Bonchev–Trinajstić information content (AvgIpc) is 3.27. The standard InChI is InChI=1S/C24H29NO5/c1-2-3-12-28-20-7-4-18(5-8-20)23(26)25-16-24(10-13-27-14-11-24)19-6-9-21-22(15-19)30-17-29-21/h4-9,15H,2-3,10-14,16-17H2,1H3,(H,25,26). The predicted octanol–water partition coefficient (Wildman–Crippen LogP) is 4.07. The van der Waals surface area contributed by atoms with E-state index in [1.807, 2.05) is 36.4 Å². The first kappa shape index (κ1) is 20.5. The van der Waals surface area contributed by atoms with Gasteiger partial charge in [-0.1, -0.05) is 19.4 Å². The van der Waals surface area contributed by atoms with E-state index in [9.17, 15) is 4.79 Å². The molecule has 2 aromatic carbocycles. The summed E-state index contributed by atoms with van der Waals surface area (Å²) >= 11 is 0. The van der Waals surface area contributed by atoms with Gasteiger partial charge in [0.2, 0.25) is 6.79 Å². The average molecular weight is 411 g/mol. The van der Waals surface area contributed by atoms with Gasteiger partial charge in [0.15, 0.2) is 11.5 Å². The Bertz CT molecular complexity index is 858. The van der Waals surface area contributed by atoms with Gasteiger partial charge in [0.1, 0.15) is 5.75 Å². The molecule has 2 heterocycles. The van der Waals surface area contributed by atoms with Gasteiger partial charge >= 0.3 is 0 Å². The molecule has 6 heteroatoms. The number of rotatable bonds is 8. The van der Waals surface area contributed by atoms with Crippen molar-refractivity contribution in [2.45, 2.75) is 38.0 Å². The van der Waals surface area contributed by atoms with Crippen LogP contribution in [0.25, 0.3) is 0 Å². The predicted molar refractivity (Wildman–Crippen MR) is 113 cm³/mol. The number of amides is 1. The van der Waals surface area contributed by atoms with Crippen molar-refractivity contribution in [2.24, 2.45) is 0 Å². The molecule has 1 amide bonds. The molecule has 0 spiro atoms. The topological polar surface area (TPSA) is 66.0 Å². The number of unbranched alkanes of at least 4 members (excludes halogenated alkanes) is 1. The number of fused-ring (bicyclic) bond motifs is 1. The van der Waals surface area contributed by atoms with Crippen LogP contribution in [0, 0.1) is 0 Å². The molecule has 0 radical (unpaired) electrons. The van der Waals surface area contributed by atoms with Gasteiger partial charge in [0, 0.05) is 30.7 Å². The van der Waals surface area contributed by atoms with Crippen LogP contribution in [0.5, 0.6) is 17.2 Å². The first-order valence-electron chi connectivity index (χ1n) is 10.7. The zero-order chi connectivity index (χ0) is 20.8. The Balaban J connectivity index is 1.43. The first-order valence-corrected chi connectivity index (χ1v) is 10.7. The Morgan fingerprint density at radius 3 is 2.60 bits per heavy atom. The summed E-state index contributed by atoms with van der Waals surface area (Å²) in [6, 6.07) is 13.4. The number of benzene rings is 2. The Hall–Kier alpha value is -2.73. The van der Waals surface area contributed by atoms with Gasteiger partial charge < -0.3 is 24.3 Å². The molecule has 0 atom stereocenters. The van der Waals surface area contributed by atoms with E-state index < -0.39 is 0 Å². The Morgan fingerprint density at radius 2 is 1.83 bits per heavy atom. The maximum atomic E-state index is 12.8. The molecule has 2 aromatic rings. The van der Waals surface area contributed by atoms with Crippen molar-refractivity contribution in [1.29, 1.82) is 0 Å². The molecule has 2 aliphatic rings. The number of carbonyl (C=O) groups is 1. The summed E-state index contributed by atoms with van der Waals surface area (Å²) < 4.78 is 22.3. The molecule has 2 aliphatic heterocycles. The van der Waals surface area contributed by atoms with Crippen LogP contribution in [0.3, 0.4) is 0 Å². The summed E-state index contributed by atoms with van der Waals surface area (Å²) in [5, 5.41) is 3.14. The smallest absolute Gasteiger partial charge is 0.251 e. The molecule has 0 saturated carbocycles. The van der Waals surface area contributed by atoms with E-state index in [4.69, 9.17) is 18.9 Å². The molecule has 1 N–H and O–H groups in total. The van der Waals surface area contributed by atoms with E-state index in [2.05, 4.69) is 18.3 Å². The summed E-state index contributed by atoms with van der Waals surface area (Å²) in [5.41, 5.74) is 1.60. The van der Waals surface area contributed by atoms with Crippen molar-refractivity contribution in [1.82, 2.24) is 5.32 Å². The number of ether oxygens (including phenoxy) is 4. The van der Waals surface area contributed by atoms with Gasteiger partial charge in [-0.2, -0.15) is 0 Å². The fraction of sp³-hybridized carbons (Fsp3) is 0.458. The Morgan fingerprint density at radius 1 is 1.07 bits per heavy atom. The second-order valence-electron chi connectivity index (χ2n) is 7.87. The van der Waals surface area contributed by atoms with Crippen LogP contribution in [0.1, 0.15) is 48.5 Å². The number of hydrogen-bond acceptors (Lipinski definition) is 5. The molecule has 1 saturated heterocycles. The van der Waals surface area contributed by atoms with Crippen molar-refractivity contribution in [2.75, 3.05) is 33.2 Å². The van der Waals surface area contributed by atoms with Crippen molar-refractivity contribution in [3.05, 3.63) is 53.6 Å². The number of nitrogens with one attached hydrogen (secondary N) is 1. The fourth-order valence-electron chi connectivity index (χ4n) is 3.94. The van der Waals surface area contributed by atoms with Crippen LogP contribution in [-0.2, 0) is 10.2 Å². The minimum atomic E-state index is -0.182. The number of carbonyl (C=O) groups excluding carboxylic acids is 1. The molecule has 4 rings (SSSR count). The molecule has 0 unspecified atom stereocenters. The largest absolute Gasteiger partial charge is 0.494 e. The number of hydrogen-bond donors (Lipinski definition) is 1. The molecule has 30 heavy (non-hydrogen) atoms. The highest BCUT2D eigenvalue weighted by Gasteiger charge is 2.36. The first-order chi connectivity index (χ1) is 14.7. The Kier molecular flexibility index (Phi) is 6.43. The van der Waals surface area contributed by atoms with Gasteiger partial charge in [-0.15, -0.1) is 0 Å². The molecular formula is C24H29NO5. The quantitative estimate of drug-likeness (QED) is 0.664. The van der Waals surface area contributed by atoms with E-state index in [1.165, 1.54) is 0 Å². The van der Waals surface area contributed by atoms with E-state index >= 15 is 0 Å². The van der Waals surface area contributed by atoms with Gasteiger partial charge in [-0.05, 0) is 61.2 Å². The van der Waals surface area contributed by atoms with Crippen LogP contribution in [0.4, 0.5) is 0 Å². The summed E-state index contributed by atoms with van der Waals surface area (Å²) in [6.45, 7) is 4.98. The van der Waals surface area contributed by atoms with E-state index in [1.54, 1.807) is 0 Å². The lowest BCUT2D eigenvalue weighted by atomic mass is 9.74. The molecule has 0 aromatic heterocycles. The zero-order valence-electron chi connectivity index (χ0n) is 17.4. The summed E-state index contributed by atoms with van der Waals surface area (Å²) in [4.78, 5) is 12.8. The Labute approximate surface area is 177 Å². The van der Waals surface area contributed by atoms with Crippen LogP contribution >= 0.6 is 0 Å². The lowest BCUT2D eigenvalue weighted by Crippen LogP contribution is -2.44. The second-order valence-corrected chi connectivity index (χ2v) is 7.87. The van der Waals surface area contributed by atoms with Crippen LogP contribution in [-0.4, -0.2) is 39.1 Å². The highest BCUT2D eigenvalue weighted by molar-refractivity contribution is 5.94. The van der Waals surface area contributed by atoms with Gasteiger partial charge in [0.05, 0.1) is 6.61 Å². The van der Waals surface area contributed by atoms with Crippen molar-refractivity contribution >= 4 is 5.91 Å². The summed E-state index contributed by atoms with van der Waals surface area (Å²) in [5.74, 6) is 2.25. The molecular weight excluding hydrogens is 382 g/mol. The van der Waals surface area contributed by atoms with Crippen LogP contribution < -0.4 is 19.5 Å².